The predicted octanol–water partition coefficient (Wildman–Crippen LogP) is 2.51. The summed E-state index contributed by atoms with van der Waals surface area (Å²) in [4.78, 5) is 14.0. The van der Waals surface area contributed by atoms with E-state index in [4.69, 9.17) is 9.47 Å². The van der Waals surface area contributed by atoms with E-state index in [-0.39, 0.29) is 23.9 Å². The fourth-order valence-corrected chi connectivity index (χ4v) is 4.68. The van der Waals surface area contributed by atoms with Gasteiger partial charge in [0.15, 0.2) is 0 Å². The summed E-state index contributed by atoms with van der Waals surface area (Å²) < 4.78 is 38.2. The summed E-state index contributed by atoms with van der Waals surface area (Å²) in [5.41, 5.74) is 0. The van der Waals surface area contributed by atoms with Gasteiger partial charge in [0.05, 0.1) is 31.1 Å². The van der Waals surface area contributed by atoms with Crippen molar-refractivity contribution in [2.45, 2.75) is 77.5 Å². The maximum absolute atomic E-state index is 12.4. The van der Waals surface area contributed by atoms with Crippen molar-refractivity contribution >= 4 is 16.1 Å². The average molecular weight is 391 g/mol. The summed E-state index contributed by atoms with van der Waals surface area (Å²) in [7, 11) is -3.35. The molecule has 1 saturated heterocycles. The van der Waals surface area contributed by atoms with E-state index in [1.165, 1.54) is 0 Å². The zero-order valence-corrected chi connectivity index (χ0v) is 17.1. The summed E-state index contributed by atoms with van der Waals surface area (Å²) in [6.45, 7) is 6.86. The van der Waals surface area contributed by atoms with Crippen LogP contribution in [0.25, 0.3) is 0 Å². The molecule has 1 heterocycles. The van der Waals surface area contributed by atoms with Crippen molar-refractivity contribution in [2.75, 3.05) is 25.5 Å². The number of ether oxygens (including phenoxy) is 2. The summed E-state index contributed by atoms with van der Waals surface area (Å²) in [5, 5.41) is 0. The number of nitrogens with zero attached hydrogens (tertiary/aromatic N) is 1. The fourth-order valence-electron chi connectivity index (χ4n) is 3.78. The second-order valence-electron chi connectivity index (χ2n) is 7.44. The van der Waals surface area contributed by atoms with Crippen molar-refractivity contribution < 1.29 is 22.7 Å². The van der Waals surface area contributed by atoms with E-state index >= 15 is 0 Å². The highest BCUT2D eigenvalue weighted by molar-refractivity contribution is 7.89. The molecule has 1 aliphatic heterocycles. The minimum Gasteiger partial charge on any atom is -0.450 e. The van der Waals surface area contributed by atoms with E-state index in [0.717, 1.165) is 38.0 Å². The molecule has 1 aliphatic carbocycles. The first-order valence-electron chi connectivity index (χ1n) is 9.91. The van der Waals surface area contributed by atoms with Gasteiger partial charge in [-0.3, -0.25) is 0 Å². The number of likely N-dealkylation sites (tertiary alicyclic amines) is 1. The van der Waals surface area contributed by atoms with Crippen molar-refractivity contribution in [2.24, 2.45) is 5.92 Å². The van der Waals surface area contributed by atoms with Crippen LogP contribution in [0.5, 0.6) is 0 Å². The number of carbonyl (C=O) groups excluding carboxylic acids is 1. The van der Waals surface area contributed by atoms with Gasteiger partial charge in [0.1, 0.15) is 0 Å². The predicted molar refractivity (Wildman–Crippen MR) is 101 cm³/mol. The Hall–Kier alpha value is -0.860. The van der Waals surface area contributed by atoms with Crippen LogP contribution in [0.3, 0.4) is 0 Å². The maximum Gasteiger partial charge on any atom is 0.410 e. The van der Waals surface area contributed by atoms with Gasteiger partial charge in [-0.05, 0) is 58.3 Å². The normalized spacial score (nSPS) is 30.2. The second kappa shape index (κ2) is 9.90. The average Bonchev–Trinajstić information content (AvgIpc) is 2.61. The van der Waals surface area contributed by atoms with Crippen LogP contribution in [0.15, 0.2) is 0 Å². The molecule has 2 atom stereocenters. The van der Waals surface area contributed by atoms with E-state index in [1.54, 1.807) is 18.7 Å². The number of hydrogen-bond donors (Lipinski definition) is 1. The first kappa shape index (κ1) is 21.4. The molecule has 0 aromatic rings. The van der Waals surface area contributed by atoms with E-state index in [0.29, 0.717) is 26.2 Å². The monoisotopic (exact) mass is 390 g/mol. The van der Waals surface area contributed by atoms with Gasteiger partial charge in [0, 0.05) is 12.6 Å². The number of carbonyl (C=O) groups is 1. The third-order valence-corrected chi connectivity index (χ3v) is 6.88. The second-order valence-corrected chi connectivity index (χ2v) is 9.49. The molecule has 2 fully saturated rings. The molecule has 0 spiro atoms. The largest absolute Gasteiger partial charge is 0.450 e. The summed E-state index contributed by atoms with van der Waals surface area (Å²) in [6.07, 6.45) is 5.61. The molecule has 0 aromatic heterocycles. The van der Waals surface area contributed by atoms with Crippen LogP contribution >= 0.6 is 0 Å². The topological polar surface area (TPSA) is 84.9 Å². The van der Waals surface area contributed by atoms with E-state index in [2.05, 4.69) is 11.6 Å². The lowest BCUT2D eigenvalue weighted by atomic mass is 9.89. The van der Waals surface area contributed by atoms with E-state index in [1.807, 2.05) is 0 Å². The third-order valence-electron chi connectivity index (χ3n) is 5.46. The van der Waals surface area contributed by atoms with Gasteiger partial charge in [-0.25, -0.2) is 17.9 Å². The molecule has 0 aromatic carbocycles. The van der Waals surface area contributed by atoms with E-state index < -0.39 is 16.1 Å². The van der Waals surface area contributed by atoms with Gasteiger partial charge >= 0.3 is 6.09 Å². The van der Waals surface area contributed by atoms with Gasteiger partial charge < -0.3 is 14.4 Å². The lowest BCUT2D eigenvalue weighted by molar-refractivity contribution is -0.0285. The van der Waals surface area contributed by atoms with Crippen LogP contribution < -0.4 is 4.72 Å². The van der Waals surface area contributed by atoms with Crippen LogP contribution in [0.1, 0.15) is 59.3 Å². The Kier molecular flexibility index (Phi) is 8.16. The van der Waals surface area contributed by atoms with Crippen molar-refractivity contribution in [3.8, 4) is 0 Å². The molecule has 2 aliphatic rings. The van der Waals surface area contributed by atoms with Crippen molar-refractivity contribution in [1.82, 2.24) is 9.62 Å². The zero-order valence-electron chi connectivity index (χ0n) is 16.3. The SMILES string of the molecule is CCOC(=O)N1CCCC(NS(=O)(=O)CC)C1CO[C@H]1CC[C@@H](C)CC1. The van der Waals surface area contributed by atoms with Gasteiger partial charge in [-0.15, -0.1) is 0 Å². The standard InChI is InChI=1S/C18H34N2O5S/c1-4-24-18(21)20-12-6-7-16(19-26(22,23)5-2)17(20)13-25-15-10-8-14(3)9-11-15/h14-17,19H,4-13H2,1-3H3/t14-,15+,16?,17?. The van der Waals surface area contributed by atoms with Crippen molar-refractivity contribution in [1.29, 1.82) is 0 Å². The van der Waals surface area contributed by atoms with Crippen LogP contribution in [0, 0.1) is 5.92 Å². The first-order chi connectivity index (χ1) is 12.4. The molecule has 0 radical (unpaired) electrons. The van der Waals surface area contributed by atoms with Crippen LogP contribution in [0.2, 0.25) is 0 Å². The number of sulfonamides is 1. The number of hydrogen-bond acceptors (Lipinski definition) is 5. The summed E-state index contributed by atoms with van der Waals surface area (Å²) in [6, 6.07) is -0.663. The third kappa shape index (κ3) is 6.09. The lowest BCUT2D eigenvalue weighted by Gasteiger charge is -2.41. The smallest absolute Gasteiger partial charge is 0.410 e. The highest BCUT2D eigenvalue weighted by Crippen LogP contribution is 2.27. The van der Waals surface area contributed by atoms with Crippen LogP contribution in [-0.2, 0) is 19.5 Å². The first-order valence-corrected chi connectivity index (χ1v) is 11.6. The van der Waals surface area contributed by atoms with Crippen LogP contribution in [-0.4, -0.2) is 63.1 Å². The molecule has 1 saturated carbocycles. The van der Waals surface area contributed by atoms with Gasteiger partial charge in [0.25, 0.3) is 0 Å². The molecule has 0 bridgehead atoms. The summed E-state index contributed by atoms with van der Waals surface area (Å²) in [5.74, 6) is 0.765. The van der Waals surface area contributed by atoms with Crippen molar-refractivity contribution in [3.63, 3.8) is 0 Å². The Morgan fingerprint density at radius 1 is 1.15 bits per heavy atom. The number of nitrogens with one attached hydrogen (secondary N) is 1. The van der Waals surface area contributed by atoms with Gasteiger partial charge in [0.2, 0.25) is 10.0 Å². The highest BCUT2D eigenvalue weighted by atomic mass is 32.2. The Labute approximate surface area is 157 Å². The Morgan fingerprint density at radius 2 is 1.85 bits per heavy atom. The molecule has 8 heteroatoms. The minimum atomic E-state index is -3.35. The minimum absolute atomic E-state index is 0.0248. The van der Waals surface area contributed by atoms with Gasteiger partial charge in [-0.1, -0.05) is 6.92 Å². The quantitative estimate of drug-likeness (QED) is 0.722. The molecule has 2 unspecified atom stereocenters. The fraction of sp³-hybridized carbons (Fsp3) is 0.944. The lowest BCUT2D eigenvalue weighted by Crippen LogP contribution is -2.59. The molecular formula is C18H34N2O5S. The molecule has 1 amide bonds. The Bertz CT molecular complexity index is 546. The number of rotatable bonds is 7. The van der Waals surface area contributed by atoms with Crippen molar-refractivity contribution in [3.05, 3.63) is 0 Å². The molecular weight excluding hydrogens is 356 g/mol. The maximum atomic E-state index is 12.4. The Morgan fingerprint density at radius 3 is 2.46 bits per heavy atom. The molecule has 7 nitrogen and oxygen atoms in total. The van der Waals surface area contributed by atoms with Crippen LogP contribution in [0.4, 0.5) is 4.79 Å². The molecule has 2 rings (SSSR count). The van der Waals surface area contributed by atoms with Gasteiger partial charge in [-0.2, -0.15) is 0 Å². The summed E-state index contributed by atoms with van der Waals surface area (Å²) >= 11 is 0. The number of piperidine rings is 1. The molecule has 26 heavy (non-hydrogen) atoms. The number of amides is 1. The molecule has 1 N–H and O–H groups in total. The zero-order chi connectivity index (χ0) is 19.2. The highest BCUT2D eigenvalue weighted by Gasteiger charge is 2.37. The van der Waals surface area contributed by atoms with E-state index in [9.17, 15) is 13.2 Å². The molecule has 152 valence electrons. The Balaban J connectivity index is 2.06.